The first-order chi connectivity index (χ1) is 7.51. The number of amides is 1. The third kappa shape index (κ3) is 2.38. The fourth-order valence-electron chi connectivity index (χ4n) is 1.99. The van der Waals surface area contributed by atoms with Crippen molar-refractivity contribution in [1.29, 1.82) is 0 Å². The normalized spacial score (nSPS) is 10.8. The van der Waals surface area contributed by atoms with E-state index in [0.717, 1.165) is 12.8 Å². The monoisotopic (exact) mass is 223 g/mol. The topological polar surface area (TPSA) is 51.3 Å². The quantitative estimate of drug-likeness (QED) is 0.847. The highest BCUT2D eigenvalue weighted by molar-refractivity contribution is 5.93. The van der Waals surface area contributed by atoms with Crippen molar-refractivity contribution in [2.24, 2.45) is 7.05 Å². The van der Waals surface area contributed by atoms with Gasteiger partial charge in [-0.15, -0.1) is 0 Å². The van der Waals surface area contributed by atoms with Crippen molar-refractivity contribution in [2.75, 3.05) is 12.8 Å². The van der Waals surface area contributed by atoms with Crippen LogP contribution in [0.3, 0.4) is 0 Å². The molecule has 0 aromatic carbocycles. The van der Waals surface area contributed by atoms with E-state index < -0.39 is 0 Å². The van der Waals surface area contributed by atoms with E-state index in [1.165, 1.54) is 0 Å². The minimum absolute atomic E-state index is 0.0351. The molecule has 0 atom stereocenters. The van der Waals surface area contributed by atoms with Crippen LogP contribution in [0.15, 0.2) is 12.3 Å². The molecule has 1 rings (SSSR count). The Kier molecular flexibility index (Phi) is 3.99. The number of nitrogens with zero attached hydrogens (tertiary/aromatic N) is 2. The van der Waals surface area contributed by atoms with Crippen molar-refractivity contribution in [3.63, 3.8) is 0 Å². The van der Waals surface area contributed by atoms with Crippen LogP contribution in [0, 0.1) is 0 Å². The molecule has 0 saturated carbocycles. The van der Waals surface area contributed by atoms with Gasteiger partial charge in [0.1, 0.15) is 5.69 Å². The molecule has 4 heteroatoms. The number of nitrogens with two attached hydrogens (primary N) is 1. The van der Waals surface area contributed by atoms with Crippen molar-refractivity contribution in [2.45, 2.75) is 32.7 Å². The number of carbonyl (C=O) groups is 1. The van der Waals surface area contributed by atoms with Crippen LogP contribution < -0.4 is 5.73 Å². The van der Waals surface area contributed by atoms with E-state index in [4.69, 9.17) is 5.73 Å². The number of hydrogen-bond donors (Lipinski definition) is 1. The Bertz CT molecular complexity index is 366. The van der Waals surface area contributed by atoms with Gasteiger partial charge in [0.25, 0.3) is 5.91 Å². The van der Waals surface area contributed by atoms with Gasteiger partial charge in [-0.1, -0.05) is 13.8 Å². The second-order valence-electron chi connectivity index (χ2n) is 4.16. The summed E-state index contributed by atoms with van der Waals surface area (Å²) in [5, 5.41) is 0. The predicted molar refractivity (Wildman–Crippen MR) is 66.3 cm³/mol. The number of aryl methyl sites for hydroxylation is 1. The minimum Gasteiger partial charge on any atom is -0.397 e. The van der Waals surface area contributed by atoms with Crippen molar-refractivity contribution < 1.29 is 4.79 Å². The van der Waals surface area contributed by atoms with Crippen LogP contribution in [0.25, 0.3) is 0 Å². The summed E-state index contributed by atoms with van der Waals surface area (Å²) in [6.45, 7) is 4.19. The Balaban J connectivity index is 2.89. The average Bonchev–Trinajstić information content (AvgIpc) is 2.58. The van der Waals surface area contributed by atoms with Crippen molar-refractivity contribution in [3.8, 4) is 0 Å². The van der Waals surface area contributed by atoms with E-state index in [2.05, 4.69) is 13.8 Å². The third-order valence-electron chi connectivity index (χ3n) is 3.06. The van der Waals surface area contributed by atoms with Gasteiger partial charge in [0.05, 0.1) is 5.69 Å². The zero-order valence-corrected chi connectivity index (χ0v) is 10.5. The molecule has 1 aromatic rings. The van der Waals surface area contributed by atoms with Crippen LogP contribution in [0.5, 0.6) is 0 Å². The van der Waals surface area contributed by atoms with E-state index in [9.17, 15) is 4.79 Å². The Morgan fingerprint density at radius 2 is 2.06 bits per heavy atom. The average molecular weight is 223 g/mol. The number of aromatic nitrogens is 1. The summed E-state index contributed by atoms with van der Waals surface area (Å²) in [4.78, 5) is 14.0. The zero-order chi connectivity index (χ0) is 12.3. The molecule has 0 unspecified atom stereocenters. The molecule has 90 valence electrons. The summed E-state index contributed by atoms with van der Waals surface area (Å²) >= 11 is 0. The molecule has 0 bridgehead atoms. The second-order valence-corrected chi connectivity index (χ2v) is 4.16. The molecule has 1 aromatic heterocycles. The molecule has 0 spiro atoms. The van der Waals surface area contributed by atoms with Gasteiger partial charge in [0.2, 0.25) is 0 Å². The van der Waals surface area contributed by atoms with Crippen LogP contribution in [-0.4, -0.2) is 28.5 Å². The summed E-state index contributed by atoms with van der Waals surface area (Å²) < 4.78 is 1.77. The molecule has 1 heterocycles. The first-order valence-corrected chi connectivity index (χ1v) is 5.70. The lowest BCUT2D eigenvalue weighted by atomic mass is 10.1. The van der Waals surface area contributed by atoms with Crippen LogP contribution in [0.4, 0.5) is 5.69 Å². The maximum absolute atomic E-state index is 12.2. The van der Waals surface area contributed by atoms with Crippen LogP contribution in [0.2, 0.25) is 0 Å². The highest BCUT2D eigenvalue weighted by atomic mass is 16.2. The second kappa shape index (κ2) is 5.05. The van der Waals surface area contributed by atoms with E-state index in [-0.39, 0.29) is 5.91 Å². The molecule has 0 aliphatic heterocycles. The highest BCUT2D eigenvalue weighted by Crippen LogP contribution is 2.14. The molecule has 0 fully saturated rings. The molecule has 0 saturated heterocycles. The summed E-state index contributed by atoms with van der Waals surface area (Å²) in [5.41, 5.74) is 6.94. The smallest absolute Gasteiger partial charge is 0.270 e. The van der Waals surface area contributed by atoms with Crippen LogP contribution >= 0.6 is 0 Å². The van der Waals surface area contributed by atoms with E-state index >= 15 is 0 Å². The Morgan fingerprint density at radius 3 is 2.44 bits per heavy atom. The summed E-state index contributed by atoms with van der Waals surface area (Å²) in [7, 11) is 3.69. The zero-order valence-electron chi connectivity index (χ0n) is 10.5. The summed E-state index contributed by atoms with van der Waals surface area (Å²) in [6.07, 6.45) is 3.70. The van der Waals surface area contributed by atoms with Gasteiger partial charge in [-0.3, -0.25) is 4.79 Å². The fourth-order valence-corrected chi connectivity index (χ4v) is 1.99. The molecular formula is C12H21N3O. The maximum atomic E-state index is 12.2. The number of anilines is 1. The number of hydrogen-bond acceptors (Lipinski definition) is 2. The Morgan fingerprint density at radius 1 is 1.50 bits per heavy atom. The minimum atomic E-state index is 0.0351. The number of carbonyl (C=O) groups excluding carboxylic acids is 1. The number of nitrogen functional groups attached to an aromatic ring is 1. The first-order valence-electron chi connectivity index (χ1n) is 5.70. The lowest BCUT2D eigenvalue weighted by Gasteiger charge is -2.26. The molecule has 0 aliphatic carbocycles. The first kappa shape index (κ1) is 12.6. The highest BCUT2D eigenvalue weighted by Gasteiger charge is 2.20. The van der Waals surface area contributed by atoms with Gasteiger partial charge in [0, 0.05) is 26.3 Å². The van der Waals surface area contributed by atoms with Crippen molar-refractivity contribution >= 4 is 11.6 Å². The molecule has 0 radical (unpaired) electrons. The molecule has 16 heavy (non-hydrogen) atoms. The van der Waals surface area contributed by atoms with Gasteiger partial charge in [-0.25, -0.2) is 0 Å². The predicted octanol–water partition coefficient (Wildman–Crippen LogP) is 1.87. The fraction of sp³-hybridized carbons (Fsp3) is 0.583. The lowest BCUT2D eigenvalue weighted by Crippen LogP contribution is -2.37. The van der Waals surface area contributed by atoms with Crippen molar-refractivity contribution in [1.82, 2.24) is 9.47 Å². The SMILES string of the molecule is CCC(CC)N(C)C(=O)c1cc(N)cn1C. The number of rotatable bonds is 4. The molecule has 4 nitrogen and oxygen atoms in total. The van der Waals surface area contributed by atoms with Crippen LogP contribution in [0.1, 0.15) is 37.2 Å². The molecule has 0 aliphatic rings. The van der Waals surface area contributed by atoms with Gasteiger partial charge < -0.3 is 15.2 Å². The molecule has 1 amide bonds. The molecular weight excluding hydrogens is 202 g/mol. The largest absolute Gasteiger partial charge is 0.397 e. The Hall–Kier alpha value is -1.45. The summed E-state index contributed by atoms with van der Waals surface area (Å²) in [5.74, 6) is 0.0351. The van der Waals surface area contributed by atoms with Gasteiger partial charge in [0.15, 0.2) is 0 Å². The van der Waals surface area contributed by atoms with E-state index in [1.54, 1.807) is 21.7 Å². The van der Waals surface area contributed by atoms with E-state index in [1.807, 2.05) is 14.1 Å². The lowest BCUT2D eigenvalue weighted by molar-refractivity contribution is 0.0714. The summed E-state index contributed by atoms with van der Waals surface area (Å²) in [6, 6.07) is 2.02. The van der Waals surface area contributed by atoms with E-state index in [0.29, 0.717) is 17.4 Å². The standard InChI is InChI=1S/C12H21N3O/c1-5-10(6-2)15(4)12(16)11-7-9(13)8-14(11)3/h7-8,10H,5-6,13H2,1-4H3. The van der Waals surface area contributed by atoms with Crippen LogP contribution in [-0.2, 0) is 7.05 Å². The van der Waals surface area contributed by atoms with Gasteiger partial charge >= 0.3 is 0 Å². The molecule has 2 N–H and O–H groups in total. The Labute approximate surface area is 97.0 Å². The maximum Gasteiger partial charge on any atom is 0.270 e. The third-order valence-corrected chi connectivity index (χ3v) is 3.06. The van der Waals surface area contributed by atoms with Gasteiger partial charge in [-0.2, -0.15) is 0 Å². The van der Waals surface area contributed by atoms with Gasteiger partial charge in [-0.05, 0) is 18.9 Å². The van der Waals surface area contributed by atoms with Crippen molar-refractivity contribution in [3.05, 3.63) is 18.0 Å².